The molecule has 0 radical (unpaired) electrons. The minimum atomic E-state index is -0.767. The second kappa shape index (κ2) is 7.44. The lowest BCUT2D eigenvalue weighted by atomic mass is 9.91. The molecule has 132 valence electrons. The van der Waals surface area contributed by atoms with Crippen molar-refractivity contribution in [3.8, 4) is 0 Å². The molecule has 2 aliphatic heterocycles. The van der Waals surface area contributed by atoms with Crippen molar-refractivity contribution in [2.24, 2.45) is 0 Å². The largest absolute Gasteiger partial charge is 0.387 e. The van der Waals surface area contributed by atoms with E-state index in [1.54, 1.807) is 24.3 Å². The Bertz CT molecular complexity index is 547. The molecule has 0 aliphatic carbocycles. The van der Waals surface area contributed by atoms with Crippen LogP contribution >= 0.6 is 0 Å². The summed E-state index contributed by atoms with van der Waals surface area (Å²) < 4.78 is 0. The first kappa shape index (κ1) is 17.1. The Hall–Kier alpha value is -1.73. The van der Waals surface area contributed by atoms with Gasteiger partial charge in [0.1, 0.15) is 12.1 Å². The molecular weight excluding hydrogens is 306 g/mol. The lowest BCUT2D eigenvalue weighted by molar-refractivity contribution is -0.137. The number of rotatable bonds is 4. The first-order valence-electron chi connectivity index (χ1n) is 8.77. The van der Waals surface area contributed by atoms with E-state index in [0.717, 1.165) is 51.1 Å². The molecule has 3 rings (SSSR count). The molecule has 1 atom stereocenters. The van der Waals surface area contributed by atoms with Gasteiger partial charge in [0.2, 0.25) is 5.91 Å². The van der Waals surface area contributed by atoms with E-state index in [-0.39, 0.29) is 5.91 Å². The highest BCUT2D eigenvalue weighted by atomic mass is 16.3. The molecule has 7 nitrogen and oxygen atoms in total. The predicted molar refractivity (Wildman–Crippen MR) is 91.6 cm³/mol. The van der Waals surface area contributed by atoms with Crippen LogP contribution in [0, 0.1) is 0 Å². The molecular formula is C17H27N5O2. The maximum atomic E-state index is 11.6. The monoisotopic (exact) mass is 333 g/mol. The quantitative estimate of drug-likeness (QED) is 0.845. The number of β-amino-alcohol motifs (C(OH)–C–C–N with tert-alkyl or cyclic N) is 1. The van der Waals surface area contributed by atoms with E-state index in [9.17, 15) is 9.90 Å². The molecule has 0 bridgehead atoms. The van der Waals surface area contributed by atoms with Gasteiger partial charge in [0, 0.05) is 45.3 Å². The number of amides is 1. The molecule has 2 aliphatic rings. The zero-order valence-electron chi connectivity index (χ0n) is 14.3. The Balaban J connectivity index is 1.47. The van der Waals surface area contributed by atoms with E-state index in [1.165, 1.54) is 0 Å². The van der Waals surface area contributed by atoms with Crippen molar-refractivity contribution in [3.05, 3.63) is 18.6 Å². The summed E-state index contributed by atoms with van der Waals surface area (Å²) in [5.74, 6) is 0.923. The van der Waals surface area contributed by atoms with E-state index >= 15 is 0 Å². The van der Waals surface area contributed by atoms with Crippen LogP contribution in [0.3, 0.4) is 0 Å². The van der Waals surface area contributed by atoms with Gasteiger partial charge in [0.15, 0.2) is 0 Å². The van der Waals surface area contributed by atoms with Gasteiger partial charge in [-0.25, -0.2) is 9.97 Å². The molecule has 0 saturated carbocycles. The number of carbonyl (C=O) groups excluding carboxylic acids is 1. The van der Waals surface area contributed by atoms with Gasteiger partial charge >= 0.3 is 0 Å². The SMILES string of the molecule is CC(=O)N1CCCC(O)(CN2CCC(Nc3ccncn3)CC2)C1. The lowest BCUT2D eigenvalue weighted by Crippen LogP contribution is -2.56. The maximum absolute atomic E-state index is 11.6. The minimum Gasteiger partial charge on any atom is -0.387 e. The van der Waals surface area contributed by atoms with Crippen LogP contribution in [0.4, 0.5) is 5.82 Å². The average Bonchev–Trinajstić information content (AvgIpc) is 2.57. The number of nitrogens with one attached hydrogen (secondary N) is 1. The summed E-state index contributed by atoms with van der Waals surface area (Å²) in [5, 5.41) is 14.3. The van der Waals surface area contributed by atoms with Crippen molar-refractivity contribution in [2.45, 2.75) is 44.2 Å². The average molecular weight is 333 g/mol. The fourth-order valence-corrected chi connectivity index (χ4v) is 3.75. The van der Waals surface area contributed by atoms with Gasteiger partial charge < -0.3 is 20.2 Å². The number of likely N-dealkylation sites (tertiary alicyclic amines) is 2. The second-order valence-electron chi connectivity index (χ2n) is 7.06. The number of anilines is 1. The summed E-state index contributed by atoms with van der Waals surface area (Å²) in [5.41, 5.74) is -0.767. The lowest BCUT2D eigenvalue weighted by Gasteiger charge is -2.43. The summed E-state index contributed by atoms with van der Waals surface area (Å²) in [6.07, 6.45) is 6.99. The van der Waals surface area contributed by atoms with E-state index in [2.05, 4.69) is 20.2 Å². The third-order valence-corrected chi connectivity index (χ3v) is 5.04. The highest BCUT2D eigenvalue weighted by Crippen LogP contribution is 2.24. The summed E-state index contributed by atoms with van der Waals surface area (Å²) in [7, 11) is 0. The number of nitrogens with zero attached hydrogens (tertiary/aromatic N) is 4. The Morgan fingerprint density at radius 1 is 1.42 bits per heavy atom. The molecule has 7 heteroatoms. The van der Waals surface area contributed by atoms with Crippen molar-refractivity contribution < 1.29 is 9.90 Å². The van der Waals surface area contributed by atoms with Gasteiger partial charge in [-0.1, -0.05) is 0 Å². The zero-order valence-corrected chi connectivity index (χ0v) is 14.3. The third kappa shape index (κ3) is 4.42. The number of carbonyl (C=O) groups is 1. The maximum Gasteiger partial charge on any atom is 0.219 e. The first-order chi connectivity index (χ1) is 11.5. The van der Waals surface area contributed by atoms with Crippen molar-refractivity contribution in [1.82, 2.24) is 19.8 Å². The van der Waals surface area contributed by atoms with Crippen molar-refractivity contribution in [2.75, 3.05) is 38.0 Å². The molecule has 2 fully saturated rings. The molecule has 1 unspecified atom stereocenters. The Morgan fingerprint density at radius 3 is 2.88 bits per heavy atom. The number of aliphatic hydroxyl groups is 1. The minimum absolute atomic E-state index is 0.0564. The van der Waals surface area contributed by atoms with Crippen LogP contribution in [0.5, 0.6) is 0 Å². The van der Waals surface area contributed by atoms with Gasteiger partial charge in [-0.05, 0) is 31.7 Å². The smallest absolute Gasteiger partial charge is 0.219 e. The summed E-state index contributed by atoms with van der Waals surface area (Å²) in [4.78, 5) is 23.8. The van der Waals surface area contributed by atoms with Crippen molar-refractivity contribution in [1.29, 1.82) is 0 Å². The normalized spacial score (nSPS) is 26.3. The summed E-state index contributed by atoms with van der Waals surface area (Å²) in [6.45, 7) is 5.35. The van der Waals surface area contributed by atoms with Crippen LogP contribution < -0.4 is 5.32 Å². The molecule has 1 amide bonds. The van der Waals surface area contributed by atoms with Gasteiger partial charge in [-0.3, -0.25) is 4.79 Å². The fraction of sp³-hybridized carbons (Fsp3) is 0.706. The Kier molecular flexibility index (Phi) is 5.30. The van der Waals surface area contributed by atoms with E-state index in [4.69, 9.17) is 0 Å². The predicted octanol–water partition coefficient (Wildman–Crippen LogP) is 0.726. The highest BCUT2D eigenvalue weighted by molar-refractivity contribution is 5.73. The number of piperidine rings is 2. The van der Waals surface area contributed by atoms with Crippen molar-refractivity contribution in [3.63, 3.8) is 0 Å². The van der Waals surface area contributed by atoms with Crippen LogP contribution in [0.2, 0.25) is 0 Å². The summed E-state index contributed by atoms with van der Waals surface area (Å²) >= 11 is 0. The topological polar surface area (TPSA) is 81.6 Å². The van der Waals surface area contributed by atoms with E-state index in [1.807, 2.05) is 6.07 Å². The molecule has 3 heterocycles. The standard InChI is InChI=1S/C17H27N5O2/c1-14(23)22-8-2-6-17(24,12-22)11-21-9-4-15(5-10-21)20-16-3-7-18-13-19-16/h3,7,13,15,24H,2,4-6,8-12H2,1H3,(H,18,19,20). The molecule has 1 aromatic heterocycles. The molecule has 0 spiro atoms. The van der Waals surface area contributed by atoms with Gasteiger partial charge in [-0.2, -0.15) is 0 Å². The molecule has 0 aromatic carbocycles. The van der Waals surface area contributed by atoms with Crippen LogP contribution in [0.15, 0.2) is 18.6 Å². The number of hydrogen-bond donors (Lipinski definition) is 2. The highest BCUT2D eigenvalue weighted by Gasteiger charge is 2.36. The third-order valence-electron chi connectivity index (χ3n) is 5.04. The van der Waals surface area contributed by atoms with Crippen molar-refractivity contribution >= 4 is 11.7 Å². The second-order valence-corrected chi connectivity index (χ2v) is 7.06. The van der Waals surface area contributed by atoms with Gasteiger partial charge in [-0.15, -0.1) is 0 Å². The van der Waals surface area contributed by atoms with E-state index in [0.29, 0.717) is 19.1 Å². The Morgan fingerprint density at radius 2 is 2.21 bits per heavy atom. The van der Waals surface area contributed by atoms with Crippen LogP contribution in [0.25, 0.3) is 0 Å². The van der Waals surface area contributed by atoms with E-state index < -0.39 is 5.60 Å². The van der Waals surface area contributed by atoms with Crippen LogP contribution in [0.1, 0.15) is 32.6 Å². The Labute approximate surface area is 143 Å². The van der Waals surface area contributed by atoms with Crippen LogP contribution in [-0.4, -0.2) is 75.1 Å². The first-order valence-corrected chi connectivity index (χ1v) is 8.77. The fourth-order valence-electron chi connectivity index (χ4n) is 3.75. The van der Waals surface area contributed by atoms with Crippen LogP contribution in [-0.2, 0) is 4.79 Å². The molecule has 1 aromatic rings. The molecule has 2 N–H and O–H groups in total. The molecule has 24 heavy (non-hydrogen) atoms. The summed E-state index contributed by atoms with van der Waals surface area (Å²) in [6, 6.07) is 2.29. The van der Waals surface area contributed by atoms with Gasteiger partial charge in [0.25, 0.3) is 0 Å². The zero-order chi connectivity index (χ0) is 17.0. The van der Waals surface area contributed by atoms with Gasteiger partial charge in [0.05, 0.1) is 12.1 Å². The molecule has 2 saturated heterocycles. The number of hydrogen-bond acceptors (Lipinski definition) is 6. The number of aromatic nitrogens is 2.